The van der Waals surface area contributed by atoms with Gasteiger partial charge in [0.25, 0.3) is 0 Å². The van der Waals surface area contributed by atoms with Gasteiger partial charge in [0.05, 0.1) is 0 Å². The lowest BCUT2D eigenvalue weighted by Gasteiger charge is -2.10. The van der Waals surface area contributed by atoms with Crippen LogP contribution in [0, 0.1) is 0 Å². The summed E-state index contributed by atoms with van der Waals surface area (Å²) in [7, 11) is 0. The molecule has 3 N–H and O–H groups in total. The highest BCUT2D eigenvalue weighted by molar-refractivity contribution is 5.72. The minimum absolute atomic E-state index is 0.0221. The molecule has 142 valence electrons. The van der Waals surface area contributed by atoms with Crippen molar-refractivity contribution in [2.45, 2.75) is 40.5 Å². The highest BCUT2D eigenvalue weighted by atomic mass is 16.3. The molecule has 2 aromatic carbocycles. The number of allylic oxidation sites excluding steroid dienone is 4. The third-order valence-corrected chi connectivity index (χ3v) is 4.14. The zero-order valence-electron chi connectivity index (χ0n) is 16.5. The molecule has 27 heavy (non-hydrogen) atoms. The number of hydrogen-bond acceptors (Lipinski definition) is 3. The van der Waals surface area contributed by atoms with Gasteiger partial charge in [0.2, 0.25) is 0 Å². The molecule has 0 fully saturated rings. The van der Waals surface area contributed by atoms with Gasteiger partial charge in [0.15, 0.2) is 0 Å². The van der Waals surface area contributed by atoms with Gasteiger partial charge in [-0.15, -0.1) is 0 Å². The van der Waals surface area contributed by atoms with Crippen LogP contribution >= 0.6 is 0 Å². The summed E-state index contributed by atoms with van der Waals surface area (Å²) in [4.78, 5) is 0. The average molecular weight is 364 g/mol. The topological polar surface area (TPSA) is 60.7 Å². The molecular weight excluding hydrogens is 336 g/mol. The van der Waals surface area contributed by atoms with Crippen molar-refractivity contribution in [2.24, 2.45) is 0 Å². The molecule has 0 bridgehead atoms. The fourth-order valence-corrected chi connectivity index (χ4v) is 2.73. The van der Waals surface area contributed by atoms with Crippen LogP contribution in [0.15, 0.2) is 53.6 Å². The summed E-state index contributed by atoms with van der Waals surface area (Å²) in [5, 5.41) is 29.9. The van der Waals surface area contributed by atoms with Crippen LogP contribution in [0.4, 0.5) is 0 Å². The predicted molar refractivity (Wildman–Crippen MR) is 113 cm³/mol. The Morgan fingerprint density at radius 2 is 1.07 bits per heavy atom. The molecule has 3 heteroatoms. The molecule has 0 aliphatic heterocycles. The molecule has 0 saturated carbocycles. The van der Waals surface area contributed by atoms with Gasteiger partial charge in [-0.25, -0.2) is 0 Å². The third kappa shape index (κ3) is 6.37. The van der Waals surface area contributed by atoms with E-state index in [0.717, 1.165) is 16.7 Å². The Hall–Kier alpha value is -2.94. The summed E-state index contributed by atoms with van der Waals surface area (Å²) in [5.74, 6) is 0.389. The molecule has 0 heterocycles. The Bertz CT molecular complexity index is 833. The maximum Gasteiger partial charge on any atom is 0.122 e. The molecular formula is C24H28O3. The Labute approximate surface area is 161 Å². The highest BCUT2D eigenvalue weighted by Crippen LogP contribution is 2.28. The van der Waals surface area contributed by atoms with Crippen LogP contribution < -0.4 is 0 Å². The Kier molecular flexibility index (Phi) is 6.89. The minimum Gasteiger partial charge on any atom is -0.508 e. The van der Waals surface area contributed by atoms with Gasteiger partial charge >= 0.3 is 0 Å². The van der Waals surface area contributed by atoms with Gasteiger partial charge in [-0.05, 0) is 87.1 Å². The molecule has 0 aliphatic carbocycles. The summed E-state index contributed by atoms with van der Waals surface area (Å²) in [6.07, 6.45) is 9.29. The van der Waals surface area contributed by atoms with E-state index in [2.05, 4.69) is 12.2 Å². The first kappa shape index (κ1) is 20.4. The van der Waals surface area contributed by atoms with Crippen molar-refractivity contribution in [2.75, 3.05) is 0 Å². The maximum absolute atomic E-state index is 10.6. The van der Waals surface area contributed by atoms with E-state index >= 15 is 0 Å². The van der Waals surface area contributed by atoms with Crippen molar-refractivity contribution >= 4 is 12.2 Å². The van der Waals surface area contributed by atoms with Gasteiger partial charge in [-0.1, -0.05) is 35.5 Å². The van der Waals surface area contributed by atoms with Crippen molar-refractivity contribution in [1.29, 1.82) is 0 Å². The summed E-state index contributed by atoms with van der Waals surface area (Å²) >= 11 is 0. The van der Waals surface area contributed by atoms with Crippen molar-refractivity contribution in [1.82, 2.24) is 0 Å². The van der Waals surface area contributed by atoms with Crippen LogP contribution in [0.5, 0.6) is 17.2 Å². The smallest absolute Gasteiger partial charge is 0.122 e. The van der Waals surface area contributed by atoms with Crippen molar-refractivity contribution in [3.63, 3.8) is 0 Å². The first-order chi connectivity index (χ1) is 12.7. The second-order valence-corrected chi connectivity index (χ2v) is 7.28. The molecule has 2 rings (SSSR count). The molecule has 0 saturated heterocycles. The number of phenols is 3. The minimum atomic E-state index is 0.0221. The van der Waals surface area contributed by atoms with Gasteiger partial charge in [0.1, 0.15) is 17.2 Å². The number of rotatable bonds is 6. The lowest BCUT2D eigenvalue weighted by molar-refractivity contribution is 0.450. The molecule has 3 nitrogen and oxygen atoms in total. The quantitative estimate of drug-likeness (QED) is 0.436. The van der Waals surface area contributed by atoms with E-state index in [4.69, 9.17) is 0 Å². The second-order valence-electron chi connectivity index (χ2n) is 7.28. The zero-order chi connectivity index (χ0) is 20.0. The van der Waals surface area contributed by atoms with E-state index < -0.39 is 0 Å². The number of hydrogen-bond donors (Lipinski definition) is 3. The highest BCUT2D eigenvalue weighted by Gasteiger charge is 2.08. The van der Waals surface area contributed by atoms with Crippen LogP contribution in [0.2, 0.25) is 0 Å². The lowest BCUT2D eigenvalue weighted by atomic mass is 9.98. The Morgan fingerprint density at radius 3 is 1.48 bits per heavy atom. The summed E-state index contributed by atoms with van der Waals surface area (Å²) in [6, 6.07) is 8.42. The normalized spacial score (nSPS) is 10.8. The summed E-state index contributed by atoms with van der Waals surface area (Å²) < 4.78 is 0. The maximum atomic E-state index is 10.6. The Morgan fingerprint density at radius 1 is 0.667 bits per heavy atom. The standard InChI is InChI=1S/C24H28O3/c1-16(2)5-9-20-11-18(12-21(24(20)27)10-6-17(3)4)7-8-19-13-22(25)15-23(26)14-19/h5-8,11-15,25-27H,9-10H2,1-4H3/b8-7+. The first-order valence-corrected chi connectivity index (χ1v) is 9.07. The van der Waals surface area contributed by atoms with Crippen LogP contribution in [0.3, 0.4) is 0 Å². The predicted octanol–water partition coefficient (Wildman–Crippen LogP) is 5.99. The largest absolute Gasteiger partial charge is 0.508 e. The molecule has 0 aromatic heterocycles. The number of benzene rings is 2. The molecule has 0 spiro atoms. The van der Waals surface area contributed by atoms with E-state index in [1.807, 2.05) is 52.0 Å². The van der Waals surface area contributed by atoms with Crippen molar-refractivity contribution in [3.8, 4) is 17.2 Å². The SMILES string of the molecule is CC(C)=CCc1cc(/C=C/c2cc(O)cc(O)c2)cc(CC=C(C)C)c1O. The van der Waals surface area contributed by atoms with E-state index in [1.54, 1.807) is 12.1 Å². The summed E-state index contributed by atoms with van der Waals surface area (Å²) in [5.41, 5.74) is 5.85. The number of phenolic OH excluding ortho intramolecular Hbond substituents is 3. The van der Waals surface area contributed by atoms with Gasteiger partial charge in [0, 0.05) is 6.07 Å². The van der Waals surface area contributed by atoms with Crippen LogP contribution in [0.1, 0.15) is 49.9 Å². The van der Waals surface area contributed by atoms with Crippen LogP contribution in [-0.2, 0) is 12.8 Å². The molecule has 2 aromatic rings. The average Bonchev–Trinajstić information content (AvgIpc) is 2.57. The van der Waals surface area contributed by atoms with E-state index in [1.165, 1.54) is 17.2 Å². The zero-order valence-corrected chi connectivity index (χ0v) is 16.5. The fourth-order valence-electron chi connectivity index (χ4n) is 2.73. The molecule has 0 amide bonds. The van der Waals surface area contributed by atoms with Crippen LogP contribution in [-0.4, -0.2) is 15.3 Å². The van der Waals surface area contributed by atoms with E-state index in [9.17, 15) is 15.3 Å². The number of aromatic hydroxyl groups is 3. The first-order valence-electron chi connectivity index (χ1n) is 9.07. The Balaban J connectivity index is 2.42. The van der Waals surface area contributed by atoms with Gasteiger partial charge in [-0.2, -0.15) is 0 Å². The van der Waals surface area contributed by atoms with E-state index in [0.29, 0.717) is 24.2 Å². The second kappa shape index (κ2) is 9.13. The molecule has 0 radical (unpaired) electrons. The third-order valence-electron chi connectivity index (χ3n) is 4.14. The molecule has 0 unspecified atom stereocenters. The van der Waals surface area contributed by atoms with Crippen molar-refractivity contribution in [3.05, 3.63) is 75.9 Å². The van der Waals surface area contributed by atoms with E-state index in [-0.39, 0.29) is 11.5 Å². The molecule has 0 aliphatic rings. The van der Waals surface area contributed by atoms with Crippen molar-refractivity contribution < 1.29 is 15.3 Å². The molecule has 0 atom stereocenters. The van der Waals surface area contributed by atoms with Gasteiger partial charge in [-0.3, -0.25) is 0 Å². The monoisotopic (exact) mass is 364 g/mol. The van der Waals surface area contributed by atoms with Gasteiger partial charge < -0.3 is 15.3 Å². The summed E-state index contributed by atoms with van der Waals surface area (Å²) in [6.45, 7) is 8.16. The lowest BCUT2D eigenvalue weighted by Crippen LogP contribution is -1.93. The van der Waals surface area contributed by atoms with Crippen LogP contribution in [0.25, 0.3) is 12.2 Å². The fraction of sp³-hybridized carbons (Fsp3) is 0.250.